The van der Waals surface area contributed by atoms with Crippen LogP contribution in [-0.2, 0) is 9.53 Å². The van der Waals surface area contributed by atoms with Crippen molar-refractivity contribution in [3.63, 3.8) is 0 Å². The fraction of sp³-hybridized carbons (Fsp3) is 0.533. The maximum atomic E-state index is 11.0. The van der Waals surface area contributed by atoms with E-state index >= 15 is 0 Å². The molecule has 1 aromatic rings. The van der Waals surface area contributed by atoms with E-state index in [2.05, 4.69) is 12.6 Å². The van der Waals surface area contributed by atoms with E-state index in [1.54, 1.807) is 24.3 Å². The van der Waals surface area contributed by atoms with E-state index in [-0.39, 0.29) is 37.5 Å². The smallest absolute Gasteiger partial charge is 0.315 e. The number of benzene rings is 1. The van der Waals surface area contributed by atoms with E-state index in [4.69, 9.17) is 14.6 Å². The summed E-state index contributed by atoms with van der Waals surface area (Å²) in [6.07, 6.45) is -0.0599. The monoisotopic (exact) mass is 314 g/mol. The minimum absolute atomic E-state index is 0.0353. The van der Waals surface area contributed by atoms with Gasteiger partial charge in [0.2, 0.25) is 0 Å². The van der Waals surface area contributed by atoms with E-state index in [9.17, 15) is 9.90 Å². The summed E-state index contributed by atoms with van der Waals surface area (Å²) >= 11 is 3.82. The molecule has 0 spiro atoms. The summed E-state index contributed by atoms with van der Waals surface area (Å²) in [7, 11) is 0. The number of esters is 1. The van der Waals surface area contributed by atoms with Crippen LogP contribution in [0.1, 0.15) is 25.0 Å². The van der Waals surface area contributed by atoms with E-state index in [0.29, 0.717) is 12.2 Å². The number of ether oxygens (including phenoxy) is 2. The SMILES string of the molecule is C[C@@H](CCOC(=O)CS)[C@@H](O)c1ccc(OCCO)cc1. The van der Waals surface area contributed by atoms with Gasteiger partial charge in [-0.2, -0.15) is 12.6 Å². The van der Waals surface area contributed by atoms with Crippen LogP contribution in [0, 0.1) is 5.92 Å². The van der Waals surface area contributed by atoms with Crippen molar-refractivity contribution in [1.82, 2.24) is 0 Å². The number of aliphatic hydroxyl groups excluding tert-OH is 2. The van der Waals surface area contributed by atoms with Crippen LogP contribution in [0.15, 0.2) is 24.3 Å². The second-order valence-electron chi connectivity index (χ2n) is 4.73. The van der Waals surface area contributed by atoms with Crippen molar-refractivity contribution in [2.75, 3.05) is 25.6 Å². The molecule has 6 heteroatoms. The average molecular weight is 314 g/mol. The third-order valence-corrected chi connectivity index (χ3v) is 3.34. The van der Waals surface area contributed by atoms with Gasteiger partial charge in [-0.05, 0) is 30.0 Å². The topological polar surface area (TPSA) is 76.0 Å². The van der Waals surface area contributed by atoms with Crippen LogP contribution >= 0.6 is 12.6 Å². The first kappa shape index (κ1) is 17.8. The summed E-state index contributed by atoms with van der Waals surface area (Å²) in [5.74, 6) is 0.314. The second kappa shape index (κ2) is 9.65. The molecule has 5 nitrogen and oxygen atoms in total. The van der Waals surface area contributed by atoms with E-state index in [1.807, 2.05) is 6.92 Å². The molecule has 0 amide bonds. The van der Waals surface area contributed by atoms with Crippen molar-refractivity contribution in [2.24, 2.45) is 5.92 Å². The molecule has 0 fully saturated rings. The highest BCUT2D eigenvalue weighted by Crippen LogP contribution is 2.26. The lowest BCUT2D eigenvalue weighted by Gasteiger charge is -2.19. The summed E-state index contributed by atoms with van der Waals surface area (Å²) in [4.78, 5) is 11.0. The molecule has 21 heavy (non-hydrogen) atoms. The highest BCUT2D eigenvalue weighted by Gasteiger charge is 2.17. The quantitative estimate of drug-likeness (QED) is 0.477. The average Bonchev–Trinajstić information content (AvgIpc) is 2.52. The van der Waals surface area contributed by atoms with Gasteiger partial charge in [0.25, 0.3) is 0 Å². The molecular weight excluding hydrogens is 292 g/mol. The number of hydrogen-bond donors (Lipinski definition) is 3. The molecule has 0 bridgehead atoms. The van der Waals surface area contributed by atoms with Gasteiger partial charge in [-0.1, -0.05) is 19.1 Å². The Hall–Kier alpha value is -1.24. The lowest BCUT2D eigenvalue weighted by molar-refractivity contribution is -0.141. The molecule has 0 aliphatic rings. The fourth-order valence-corrected chi connectivity index (χ4v) is 1.91. The molecular formula is C15H22O5S. The van der Waals surface area contributed by atoms with Crippen LogP contribution in [0.4, 0.5) is 0 Å². The highest BCUT2D eigenvalue weighted by molar-refractivity contribution is 7.81. The van der Waals surface area contributed by atoms with Crippen LogP contribution in [0.3, 0.4) is 0 Å². The fourth-order valence-electron chi connectivity index (χ4n) is 1.82. The molecule has 0 aliphatic carbocycles. The number of hydrogen-bond acceptors (Lipinski definition) is 6. The van der Waals surface area contributed by atoms with Gasteiger partial charge in [-0.25, -0.2) is 0 Å². The van der Waals surface area contributed by atoms with Gasteiger partial charge < -0.3 is 19.7 Å². The molecule has 1 aromatic carbocycles. The zero-order chi connectivity index (χ0) is 15.7. The Kier molecular flexibility index (Phi) is 8.19. The molecule has 0 heterocycles. The van der Waals surface area contributed by atoms with Crippen LogP contribution in [-0.4, -0.2) is 41.8 Å². The minimum atomic E-state index is -0.633. The lowest BCUT2D eigenvalue weighted by Crippen LogP contribution is -2.14. The minimum Gasteiger partial charge on any atom is -0.491 e. The van der Waals surface area contributed by atoms with Crippen LogP contribution < -0.4 is 4.74 Å². The Bertz CT molecular complexity index is 421. The zero-order valence-electron chi connectivity index (χ0n) is 12.1. The van der Waals surface area contributed by atoms with Gasteiger partial charge in [0.1, 0.15) is 12.4 Å². The van der Waals surface area contributed by atoms with Crippen LogP contribution in [0.25, 0.3) is 0 Å². The summed E-state index contributed by atoms with van der Waals surface area (Å²) in [6.45, 7) is 2.38. The van der Waals surface area contributed by atoms with Crippen molar-refractivity contribution >= 4 is 18.6 Å². The molecule has 2 N–H and O–H groups in total. The molecule has 0 saturated carbocycles. The van der Waals surface area contributed by atoms with Gasteiger partial charge in [0.15, 0.2) is 0 Å². The molecule has 0 radical (unpaired) electrons. The molecule has 1 rings (SSSR count). The molecule has 0 unspecified atom stereocenters. The summed E-state index contributed by atoms with van der Waals surface area (Å²) in [6, 6.07) is 7.07. The molecule has 0 saturated heterocycles. The van der Waals surface area contributed by atoms with Gasteiger partial charge in [0, 0.05) is 0 Å². The summed E-state index contributed by atoms with van der Waals surface area (Å²) < 4.78 is 10.2. The number of carbonyl (C=O) groups is 1. The van der Waals surface area contributed by atoms with Gasteiger partial charge >= 0.3 is 5.97 Å². The van der Waals surface area contributed by atoms with Crippen molar-refractivity contribution in [2.45, 2.75) is 19.4 Å². The Morgan fingerprint density at radius 1 is 1.29 bits per heavy atom. The number of rotatable bonds is 9. The van der Waals surface area contributed by atoms with Crippen molar-refractivity contribution in [3.8, 4) is 5.75 Å². The predicted octanol–water partition coefficient (Wildman–Crippen LogP) is 1.59. The third-order valence-electron chi connectivity index (χ3n) is 3.09. The number of thiol groups is 1. The van der Waals surface area contributed by atoms with E-state index in [0.717, 1.165) is 5.56 Å². The van der Waals surface area contributed by atoms with E-state index in [1.165, 1.54) is 0 Å². The standard InChI is InChI=1S/C15H22O5S/c1-11(6-8-20-14(17)10-21)15(18)12-2-4-13(5-3-12)19-9-7-16/h2-5,11,15-16,18,21H,6-10H2,1H3/t11-,15+/m0/s1. The van der Waals surface area contributed by atoms with Crippen molar-refractivity contribution in [3.05, 3.63) is 29.8 Å². The largest absolute Gasteiger partial charge is 0.491 e. The Balaban J connectivity index is 2.45. The van der Waals surface area contributed by atoms with Crippen LogP contribution in [0.2, 0.25) is 0 Å². The lowest BCUT2D eigenvalue weighted by atomic mass is 9.95. The zero-order valence-corrected chi connectivity index (χ0v) is 13.0. The number of carbonyl (C=O) groups excluding carboxylic acids is 1. The maximum Gasteiger partial charge on any atom is 0.315 e. The van der Waals surface area contributed by atoms with Gasteiger partial charge in [-0.3, -0.25) is 4.79 Å². The Morgan fingerprint density at radius 3 is 2.52 bits per heavy atom. The Morgan fingerprint density at radius 2 is 1.95 bits per heavy atom. The summed E-state index contributed by atoms with van der Waals surface area (Å²) in [5.41, 5.74) is 0.777. The molecule has 118 valence electrons. The van der Waals surface area contributed by atoms with Crippen molar-refractivity contribution in [1.29, 1.82) is 0 Å². The first-order valence-electron chi connectivity index (χ1n) is 6.86. The molecule has 0 aliphatic heterocycles. The van der Waals surface area contributed by atoms with Crippen molar-refractivity contribution < 1.29 is 24.5 Å². The third kappa shape index (κ3) is 6.37. The molecule has 2 atom stereocenters. The van der Waals surface area contributed by atoms with E-state index < -0.39 is 6.10 Å². The first-order chi connectivity index (χ1) is 10.1. The van der Waals surface area contributed by atoms with Gasteiger partial charge in [0.05, 0.1) is 25.1 Å². The predicted molar refractivity (Wildman–Crippen MR) is 82.6 cm³/mol. The summed E-state index contributed by atoms with van der Waals surface area (Å²) in [5, 5.41) is 18.9. The van der Waals surface area contributed by atoms with Gasteiger partial charge in [-0.15, -0.1) is 0 Å². The Labute approximate surface area is 130 Å². The maximum absolute atomic E-state index is 11.0. The second-order valence-corrected chi connectivity index (χ2v) is 5.05. The van der Waals surface area contributed by atoms with Crippen LogP contribution in [0.5, 0.6) is 5.75 Å². The number of aliphatic hydroxyl groups is 2. The highest BCUT2D eigenvalue weighted by atomic mass is 32.1. The molecule has 0 aromatic heterocycles. The first-order valence-corrected chi connectivity index (χ1v) is 7.50. The normalized spacial score (nSPS) is 13.5.